The van der Waals surface area contributed by atoms with Gasteiger partial charge in [-0.1, -0.05) is 0 Å². The van der Waals surface area contributed by atoms with Crippen molar-refractivity contribution in [2.24, 2.45) is 17.2 Å². The molecule has 1 saturated heterocycles. The maximum absolute atomic E-state index is 12.7. The monoisotopic (exact) mass is 441 g/mol. The molecule has 13 heteroatoms. The zero-order valence-electron chi connectivity index (χ0n) is 17.8. The normalized spacial score (nSPS) is 26.3. The highest BCUT2D eigenvalue weighted by Gasteiger charge is 2.28. The number of carbonyl (C=O) groups excluding carboxylic acids is 5. The summed E-state index contributed by atoms with van der Waals surface area (Å²) >= 11 is 0. The quantitative estimate of drug-likeness (QED) is 0.117. The predicted octanol–water partition coefficient (Wildman–Crippen LogP) is -5.23. The predicted molar refractivity (Wildman–Crippen MR) is 111 cm³/mol. The van der Waals surface area contributed by atoms with Gasteiger partial charge in [0.25, 0.3) is 0 Å². The lowest BCUT2D eigenvalue weighted by Gasteiger charge is -2.23. The van der Waals surface area contributed by atoms with E-state index in [1.807, 2.05) is 0 Å². The van der Waals surface area contributed by atoms with Crippen LogP contribution in [-0.2, 0) is 24.0 Å². The second-order valence-electron chi connectivity index (χ2n) is 7.46. The van der Waals surface area contributed by atoms with Crippen LogP contribution in [-0.4, -0.2) is 66.2 Å². The Bertz CT molecular complexity index is 722. The van der Waals surface area contributed by atoms with Gasteiger partial charge in [-0.25, -0.2) is 0 Å². The molecule has 0 bridgehead atoms. The molecule has 1 rings (SSSR count). The number of hydrogen-bond acceptors (Lipinski definition) is 5. The Labute approximate surface area is 180 Å². The first-order valence-corrected chi connectivity index (χ1v) is 10.1. The standard InChI is InChI=1S/C18H32N8O5/c1-9-15(29)26-12(6-4-8-22-18(20)21)17(31)24-10(2)16(30)25-11(14(19)28)5-3-7-13(27)23-9/h9-12H,3-8H2,1-2H3,(H2,19,28)(H,23,27)(H,24,31)(H,25,30)(H,26,29)(H4,20,21,22)/p+1/t9-,10-,11-,12-/m0/s1. The molecule has 0 aliphatic carbocycles. The van der Waals surface area contributed by atoms with Gasteiger partial charge in [0, 0.05) is 6.42 Å². The van der Waals surface area contributed by atoms with Gasteiger partial charge in [-0.15, -0.1) is 0 Å². The summed E-state index contributed by atoms with van der Waals surface area (Å²) in [4.78, 5) is 64.0. The van der Waals surface area contributed by atoms with Crippen LogP contribution in [0.15, 0.2) is 0 Å². The Morgan fingerprint density at radius 3 is 2.16 bits per heavy atom. The molecule has 1 aliphatic rings. The molecule has 0 aromatic rings. The smallest absolute Gasteiger partial charge is 0.338 e. The van der Waals surface area contributed by atoms with E-state index in [2.05, 4.69) is 26.3 Å². The fourth-order valence-corrected chi connectivity index (χ4v) is 2.91. The van der Waals surface area contributed by atoms with E-state index in [0.717, 1.165) is 0 Å². The number of carbonyl (C=O) groups is 5. The second kappa shape index (κ2) is 12.3. The Hall–Kier alpha value is -3.38. The van der Waals surface area contributed by atoms with Crippen LogP contribution in [0.2, 0.25) is 0 Å². The zero-order valence-corrected chi connectivity index (χ0v) is 17.8. The lowest BCUT2D eigenvalue weighted by molar-refractivity contribution is -0.459. The van der Waals surface area contributed by atoms with Gasteiger partial charge in [0.1, 0.15) is 24.2 Å². The van der Waals surface area contributed by atoms with Crippen molar-refractivity contribution in [3.63, 3.8) is 0 Å². The first-order valence-electron chi connectivity index (χ1n) is 10.1. The zero-order chi connectivity index (χ0) is 23.6. The first-order chi connectivity index (χ1) is 14.5. The van der Waals surface area contributed by atoms with Crippen molar-refractivity contribution in [2.75, 3.05) is 6.54 Å². The maximum atomic E-state index is 12.7. The average molecular weight is 442 g/mol. The molecule has 0 unspecified atom stereocenters. The second-order valence-corrected chi connectivity index (χ2v) is 7.46. The van der Waals surface area contributed by atoms with Crippen LogP contribution in [0.3, 0.4) is 0 Å². The summed E-state index contributed by atoms with van der Waals surface area (Å²) in [6, 6.07) is -3.83. The lowest BCUT2D eigenvalue weighted by atomic mass is 10.1. The number of amides is 5. The van der Waals surface area contributed by atoms with Crippen LogP contribution in [0.5, 0.6) is 0 Å². The number of primary amides is 1. The van der Waals surface area contributed by atoms with Crippen LogP contribution in [0.1, 0.15) is 46.0 Å². The van der Waals surface area contributed by atoms with Crippen molar-refractivity contribution in [1.82, 2.24) is 21.3 Å². The van der Waals surface area contributed by atoms with Crippen molar-refractivity contribution in [3.8, 4) is 0 Å². The van der Waals surface area contributed by atoms with Gasteiger partial charge in [0.15, 0.2) is 0 Å². The minimum absolute atomic E-state index is 0.0289. The SMILES string of the molecule is C[C@@H]1NC(=O)CCC[C@@H](C(N)=O)NC(=O)[C@H](C)NC(=O)[C@H](CCC[NH+]=C(N)N)NC1=O. The third-order valence-corrected chi connectivity index (χ3v) is 4.71. The molecular formula is C18H33N8O5+. The van der Waals surface area contributed by atoms with Crippen LogP contribution in [0.25, 0.3) is 0 Å². The number of nitrogens with two attached hydrogens (primary N) is 3. The van der Waals surface area contributed by atoms with Crippen LogP contribution >= 0.6 is 0 Å². The maximum Gasteiger partial charge on any atom is 0.338 e. The molecule has 0 aromatic carbocycles. The van der Waals surface area contributed by atoms with Crippen LogP contribution in [0.4, 0.5) is 0 Å². The Kier molecular flexibility index (Phi) is 10.2. The highest BCUT2D eigenvalue weighted by molar-refractivity contribution is 5.95. The highest BCUT2D eigenvalue weighted by atomic mass is 16.2. The number of hydrogen-bond donors (Lipinski definition) is 8. The summed E-state index contributed by atoms with van der Waals surface area (Å²) in [5, 5.41) is 10.1. The summed E-state index contributed by atoms with van der Waals surface area (Å²) in [5.41, 5.74) is 16.0. The minimum atomic E-state index is -0.984. The van der Waals surface area contributed by atoms with E-state index in [-0.39, 0.29) is 31.6 Å². The summed E-state index contributed by atoms with van der Waals surface area (Å²) in [6.45, 7) is 3.30. The number of nitrogens with one attached hydrogen (secondary N) is 5. The summed E-state index contributed by atoms with van der Waals surface area (Å²) in [7, 11) is 0. The lowest BCUT2D eigenvalue weighted by Crippen LogP contribution is -2.78. The Balaban J connectivity index is 3.01. The van der Waals surface area contributed by atoms with Crippen LogP contribution < -0.4 is 43.5 Å². The molecule has 1 aliphatic heterocycles. The topological polar surface area (TPSA) is 226 Å². The van der Waals surface area contributed by atoms with Crippen molar-refractivity contribution < 1.29 is 29.0 Å². The molecule has 0 saturated carbocycles. The van der Waals surface area contributed by atoms with Gasteiger partial charge in [0.05, 0.1) is 6.54 Å². The van der Waals surface area contributed by atoms with Gasteiger partial charge in [-0.05, 0) is 39.5 Å². The first kappa shape index (κ1) is 25.7. The molecule has 4 atom stereocenters. The molecule has 1 heterocycles. The minimum Gasteiger partial charge on any atom is -0.368 e. The van der Waals surface area contributed by atoms with Gasteiger partial charge < -0.3 is 27.0 Å². The summed E-state index contributed by atoms with van der Waals surface area (Å²) in [6.07, 6.45) is 1.10. The van der Waals surface area contributed by atoms with E-state index in [4.69, 9.17) is 17.2 Å². The van der Waals surface area contributed by atoms with Crippen molar-refractivity contribution in [2.45, 2.75) is 70.1 Å². The molecule has 0 spiro atoms. The average Bonchev–Trinajstić information content (AvgIpc) is 2.67. The third-order valence-electron chi connectivity index (χ3n) is 4.71. The molecule has 174 valence electrons. The molecule has 1 fully saturated rings. The van der Waals surface area contributed by atoms with E-state index in [0.29, 0.717) is 13.0 Å². The largest absolute Gasteiger partial charge is 0.368 e. The van der Waals surface area contributed by atoms with Crippen LogP contribution in [0, 0.1) is 0 Å². The molecule has 0 radical (unpaired) electrons. The Morgan fingerprint density at radius 2 is 1.55 bits per heavy atom. The number of guanidine groups is 1. The fourth-order valence-electron chi connectivity index (χ4n) is 2.91. The molecule has 5 amide bonds. The summed E-state index contributed by atoms with van der Waals surface area (Å²) in [5.74, 6) is -2.87. The van der Waals surface area contributed by atoms with E-state index in [9.17, 15) is 24.0 Å². The van der Waals surface area contributed by atoms with E-state index < -0.39 is 53.7 Å². The van der Waals surface area contributed by atoms with E-state index in [1.54, 1.807) is 0 Å². The molecule has 13 nitrogen and oxygen atoms in total. The molecule has 11 N–H and O–H groups in total. The van der Waals surface area contributed by atoms with Crippen molar-refractivity contribution in [3.05, 3.63) is 0 Å². The fraction of sp³-hybridized carbons (Fsp3) is 0.667. The third kappa shape index (κ3) is 9.31. The van der Waals surface area contributed by atoms with Crippen molar-refractivity contribution >= 4 is 35.5 Å². The molecule has 0 aromatic heterocycles. The van der Waals surface area contributed by atoms with Gasteiger partial charge >= 0.3 is 5.96 Å². The van der Waals surface area contributed by atoms with Gasteiger partial charge in [-0.2, -0.15) is 0 Å². The van der Waals surface area contributed by atoms with Gasteiger partial charge in [0.2, 0.25) is 29.5 Å². The van der Waals surface area contributed by atoms with Crippen molar-refractivity contribution in [1.29, 1.82) is 0 Å². The van der Waals surface area contributed by atoms with E-state index >= 15 is 0 Å². The van der Waals surface area contributed by atoms with Gasteiger partial charge in [-0.3, -0.25) is 40.4 Å². The molecule has 31 heavy (non-hydrogen) atoms. The highest BCUT2D eigenvalue weighted by Crippen LogP contribution is 2.04. The summed E-state index contributed by atoms with van der Waals surface area (Å²) < 4.78 is 0. The number of rotatable bonds is 5. The molecular weight excluding hydrogens is 408 g/mol. The van der Waals surface area contributed by atoms with E-state index in [1.165, 1.54) is 13.8 Å². The Morgan fingerprint density at radius 1 is 0.935 bits per heavy atom.